The van der Waals surface area contributed by atoms with Crippen molar-refractivity contribution in [2.45, 2.75) is 12.5 Å². The zero-order chi connectivity index (χ0) is 14.5. The molecule has 0 spiro atoms. The Labute approximate surface area is 115 Å². The van der Waals surface area contributed by atoms with Crippen LogP contribution in [-0.2, 0) is 0 Å². The van der Waals surface area contributed by atoms with Crippen LogP contribution in [0.3, 0.4) is 0 Å². The van der Waals surface area contributed by atoms with Gasteiger partial charge in [-0.05, 0) is 25.3 Å². The fourth-order valence-electron chi connectivity index (χ4n) is 1.41. The van der Waals surface area contributed by atoms with Crippen LogP contribution >= 0.6 is 11.8 Å². The molecule has 0 saturated carbocycles. The Morgan fingerprint density at radius 1 is 1.53 bits per heavy atom. The first-order valence-electron chi connectivity index (χ1n) is 5.54. The number of amides is 1. The van der Waals surface area contributed by atoms with E-state index in [1.165, 1.54) is 30.1 Å². The van der Waals surface area contributed by atoms with Crippen molar-refractivity contribution in [2.75, 3.05) is 18.6 Å². The summed E-state index contributed by atoms with van der Waals surface area (Å²) in [5, 5.41) is 21.3. The number of nitrogens with one attached hydrogen (secondary N) is 1. The minimum atomic E-state index is -1.12. The van der Waals surface area contributed by atoms with Crippen molar-refractivity contribution in [3.8, 4) is 0 Å². The second-order valence-corrected chi connectivity index (χ2v) is 5.21. The lowest BCUT2D eigenvalue weighted by molar-refractivity contribution is 0.0695. The lowest BCUT2D eigenvalue weighted by atomic mass is 10.1. The lowest BCUT2D eigenvalue weighted by Gasteiger charge is -2.22. The summed E-state index contributed by atoms with van der Waals surface area (Å²) >= 11 is 1.47. The zero-order valence-corrected chi connectivity index (χ0v) is 11.5. The second-order valence-electron chi connectivity index (χ2n) is 4.35. The molecule has 0 aliphatic carbocycles. The molecule has 6 nitrogen and oxygen atoms in total. The molecular formula is C12H16N2O4S. The lowest BCUT2D eigenvalue weighted by Crippen LogP contribution is -2.42. The number of nitrogens with zero attached hydrogens (tertiary/aromatic N) is 1. The number of thioether (sulfide) groups is 1. The van der Waals surface area contributed by atoms with Crippen LogP contribution in [-0.4, -0.2) is 51.2 Å². The molecule has 0 aliphatic heterocycles. The van der Waals surface area contributed by atoms with E-state index in [4.69, 9.17) is 5.11 Å². The van der Waals surface area contributed by atoms with Crippen molar-refractivity contribution >= 4 is 23.6 Å². The van der Waals surface area contributed by atoms with Gasteiger partial charge in [-0.15, -0.1) is 0 Å². The number of hydrogen-bond acceptors (Lipinski definition) is 5. The largest absolute Gasteiger partial charge is 0.478 e. The summed E-state index contributed by atoms with van der Waals surface area (Å²) in [6, 6.07) is 2.50. The molecule has 7 heteroatoms. The van der Waals surface area contributed by atoms with E-state index in [2.05, 4.69) is 10.3 Å². The fraction of sp³-hybridized carbons (Fsp3) is 0.417. The van der Waals surface area contributed by atoms with E-state index in [0.29, 0.717) is 5.75 Å². The minimum Gasteiger partial charge on any atom is -0.478 e. The van der Waals surface area contributed by atoms with Gasteiger partial charge in [0.2, 0.25) is 0 Å². The summed E-state index contributed by atoms with van der Waals surface area (Å²) in [4.78, 5) is 26.4. The predicted octanol–water partition coefficient (Wildman–Crippen LogP) is 0.624. The smallest absolute Gasteiger partial charge is 0.335 e. The molecule has 1 amide bonds. The summed E-state index contributed by atoms with van der Waals surface area (Å²) < 4.78 is 0. The highest BCUT2D eigenvalue weighted by atomic mass is 32.2. The Balaban J connectivity index is 2.68. The van der Waals surface area contributed by atoms with Gasteiger partial charge in [0.1, 0.15) is 5.69 Å². The Morgan fingerprint density at radius 2 is 2.21 bits per heavy atom. The molecule has 0 saturated heterocycles. The molecular weight excluding hydrogens is 268 g/mol. The molecule has 1 heterocycles. The number of carbonyl (C=O) groups is 2. The summed E-state index contributed by atoms with van der Waals surface area (Å²) in [5.74, 6) is -1.15. The van der Waals surface area contributed by atoms with Gasteiger partial charge >= 0.3 is 5.97 Å². The third-order valence-corrected chi connectivity index (χ3v) is 3.24. The third kappa shape index (κ3) is 4.88. The van der Waals surface area contributed by atoms with Crippen LogP contribution < -0.4 is 5.32 Å². The molecule has 0 aromatic carbocycles. The normalized spacial score (nSPS) is 13.6. The quantitative estimate of drug-likeness (QED) is 0.708. The highest BCUT2D eigenvalue weighted by molar-refractivity contribution is 7.98. The average molecular weight is 284 g/mol. The Kier molecular flexibility index (Phi) is 5.31. The van der Waals surface area contributed by atoms with E-state index in [1.54, 1.807) is 6.92 Å². The van der Waals surface area contributed by atoms with Crippen molar-refractivity contribution in [1.29, 1.82) is 0 Å². The van der Waals surface area contributed by atoms with E-state index < -0.39 is 17.5 Å². The van der Waals surface area contributed by atoms with E-state index in [1.807, 2.05) is 6.26 Å². The van der Waals surface area contributed by atoms with Crippen molar-refractivity contribution in [1.82, 2.24) is 10.3 Å². The molecule has 1 unspecified atom stereocenters. The molecule has 0 aliphatic rings. The highest BCUT2D eigenvalue weighted by Gasteiger charge is 2.21. The summed E-state index contributed by atoms with van der Waals surface area (Å²) in [5.41, 5.74) is -1.00. The number of aromatic carboxylic acids is 1. The van der Waals surface area contributed by atoms with Crippen LogP contribution in [0.15, 0.2) is 18.3 Å². The van der Waals surface area contributed by atoms with E-state index in [0.717, 1.165) is 0 Å². The van der Waals surface area contributed by atoms with Crippen molar-refractivity contribution in [3.05, 3.63) is 29.6 Å². The van der Waals surface area contributed by atoms with E-state index in [9.17, 15) is 14.7 Å². The van der Waals surface area contributed by atoms with Crippen molar-refractivity contribution in [2.24, 2.45) is 0 Å². The first kappa shape index (κ1) is 15.5. The topological polar surface area (TPSA) is 99.5 Å². The monoisotopic (exact) mass is 284 g/mol. The number of carbonyl (C=O) groups excluding carboxylic acids is 1. The van der Waals surface area contributed by atoms with Gasteiger partial charge in [0, 0.05) is 18.5 Å². The molecule has 1 aromatic rings. The number of carboxylic acids is 1. The number of carboxylic acid groups (broad SMARTS) is 1. The van der Waals surface area contributed by atoms with Gasteiger partial charge in [-0.1, -0.05) is 0 Å². The molecule has 3 N–H and O–H groups in total. The maximum absolute atomic E-state index is 11.8. The SMILES string of the molecule is CSCC(C)(O)CNC(=O)c1cc(C(=O)O)ccn1. The van der Waals surface area contributed by atoms with Gasteiger partial charge in [-0.25, -0.2) is 4.79 Å². The Morgan fingerprint density at radius 3 is 2.79 bits per heavy atom. The summed E-state index contributed by atoms with van der Waals surface area (Å²) in [6.45, 7) is 1.69. The zero-order valence-electron chi connectivity index (χ0n) is 10.7. The van der Waals surface area contributed by atoms with Gasteiger partial charge in [0.15, 0.2) is 0 Å². The molecule has 0 radical (unpaired) electrons. The maximum atomic E-state index is 11.8. The predicted molar refractivity (Wildman–Crippen MR) is 72.5 cm³/mol. The number of pyridine rings is 1. The Hall–Kier alpha value is -1.60. The first-order valence-corrected chi connectivity index (χ1v) is 6.94. The molecule has 1 rings (SSSR count). The van der Waals surface area contributed by atoms with E-state index in [-0.39, 0.29) is 17.8 Å². The molecule has 0 bridgehead atoms. The number of rotatable bonds is 6. The molecule has 1 aromatic heterocycles. The third-order valence-electron chi connectivity index (χ3n) is 2.32. The molecule has 0 fully saturated rings. The van der Waals surface area contributed by atoms with E-state index >= 15 is 0 Å². The van der Waals surface area contributed by atoms with Crippen LogP contribution in [0.4, 0.5) is 0 Å². The van der Waals surface area contributed by atoms with Crippen molar-refractivity contribution < 1.29 is 19.8 Å². The van der Waals surface area contributed by atoms with Gasteiger partial charge in [-0.2, -0.15) is 11.8 Å². The average Bonchev–Trinajstić information content (AvgIpc) is 2.36. The van der Waals surface area contributed by atoms with Gasteiger partial charge in [0.25, 0.3) is 5.91 Å². The maximum Gasteiger partial charge on any atom is 0.335 e. The van der Waals surface area contributed by atoms with Crippen LogP contribution in [0.2, 0.25) is 0 Å². The number of aromatic nitrogens is 1. The van der Waals surface area contributed by atoms with Gasteiger partial charge in [0.05, 0.1) is 11.2 Å². The Bertz CT molecular complexity index is 477. The summed E-state index contributed by atoms with van der Waals surface area (Å²) in [7, 11) is 0. The van der Waals surface area contributed by atoms with Crippen LogP contribution in [0.1, 0.15) is 27.8 Å². The standard InChI is InChI=1S/C12H16N2O4S/c1-12(18,7-19-2)6-14-10(15)9-5-8(11(16)17)3-4-13-9/h3-5,18H,6-7H2,1-2H3,(H,14,15)(H,16,17). The van der Waals surface area contributed by atoms with Gasteiger partial charge in [-0.3, -0.25) is 9.78 Å². The molecule has 1 atom stereocenters. The number of hydrogen-bond donors (Lipinski definition) is 3. The van der Waals surface area contributed by atoms with Crippen LogP contribution in [0.25, 0.3) is 0 Å². The molecule has 104 valence electrons. The summed E-state index contributed by atoms with van der Waals surface area (Å²) in [6.07, 6.45) is 3.12. The second kappa shape index (κ2) is 6.53. The number of aliphatic hydroxyl groups is 1. The van der Waals surface area contributed by atoms with Crippen molar-refractivity contribution in [3.63, 3.8) is 0 Å². The van der Waals surface area contributed by atoms with Gasteiger partial charge < -0.3 is 15.5 Å². The van der Waals surface area contributed by atoms with Crippen LogP contribution in [0.5, 0.6) is 0 Å². The molecule has 19 heavy (non-hydrogen) atoms. The minimum absolute atomic E-state index is 0.00368. The fourth-order valence-corrected chi connectivity index (χ4v) is 2.13. The first-order chi connectivity index (χ1) is 8.85. The highest BCUT2D eigenvalue weighted by Crippen LogP contribution is 2.09. The van der Waals surface area contributed by atoms with Crippen LogP contribution in [0, 0.1) is 0 Å².